The minimum absolute atomic E-state index is 0.850. The van der Waals surface area contributed by atoms with E-state index in [4.69, 9.17) is 4.42 Å². The highest BCUT2D eigenvalue weighted by Gasteiger charge is 1.95. The number of rotatable bonds is 4. The molecule has 1 aromatic carbocycles. The van der Waals surface area contributed by atoms with Gasteiger partial charge in [-0.3, -0.25) is 0 Å². The van der Waals surface area contributed by atoms with Crippen LogP contribution in [-0.2, 0) is 13.1 Å². The topological polar surface area (TPSA) is 25.2 Å². The van der Waals surface area contributed by atoms with Gasteiger partial charge in [-0.15, -0.1) is 0 Å². The third-order valence-corrected chi connectivity index (χ3v) is 2.87. The third-order valence-electron chi connectivity index (χ3n) is 2.15. The van der Waals surface area contributed by atoms with Crippen molar-refractivity contribution in [2.45, 2.75) is 13.1 Å². The minimum Gasteiger partial charge on any atom is -0.472 e. The Morgan fingerprint density at radius 1 is 1.00 bits per heavy atom. The van der Waals surface area contributed by atoms with Crippen LogP contribution >= 0.6 is 22.6 Å². The average molecular weight is 313 g/mol. The van der Waals surface area contributed by atoms with E-state index in [-0.39, 0.29) is 0 Å². The molecule has 1 aromatic heterocycles. The standard InChI is InChI=1S/C12H12INO/c13-12-3-1-10(2-4-12)7-14-8-11-5-6-15-9-11/h1-6,9,14H,7-8H2. The predicted octanol–water partition coefficient (Wildman–Crippen LogP) is 3.17. The van der Waals surface area contributed by atoms with E-state index in [1.807, 2.05) is 6.07 Å². The zero-order valence-electron chi connectivity index (χ0n) is 8.24. The third kappa shape index (κ3) is 3.35. The molecule has 0 unspecified atom stereocenters. The SMILES string of the molecule is Ic1ccc(CNCc2ccoc2)cc1. The Hall–Kier alpha value is -0.810. The Morgan fingerprint density at radius 3 is 2.40 bits per heavy atom. The molecule has 0 saturated heterocycles. The van der Waals surface area contributed by atoms with Crippen molar-refractivity contribution in [3.05, 3.63) is 57.6 Å². The molecule has 3 heteroatoms. The van der Waals surface area contributed by atoms with Gasteiger partial charge >= 0.3 is 0 Å². The molecule has 0 saturated carbocycles. The van der Waals surface area contributed by atoms with Crippen LogP contribution in [0.5, 0.6) is 0 Å². The van der Waals surface area contributed by atoms with E-state index in [0.717, 1.165) is 13.1 Å². The van der Waals surface area contributed by atoms with Gasteiger partial charge in [0.2, 0.25) is 0 Å². The lowest BCUT2D eigenvalue weighted by Crippen LogP contribution is -2.11. The monoisotopic (exact) mass is 313 g/mol. The van der Waals surface area contributed by atoms with Crippen LogP contribution in [0.3, 0.4) is 0 Å². The van der Waals surface area contributed by atoms with Gasteiger partial charge in [0, 0.05) is 22.2 Å². The summed E-state index contributed by atoms with van der Waals surface area (Å²) in [5.41, 5.74) is 2.49. The van der Waals surface area contributed by atoms with Gasteiger partial charge in [0.05, 0.1) is 12.5 Å². The maximum absolute atomic E-state index is 4.99. The smallest absolute Gasteiger partial charge is 0.0947 e. The van der Waals surface area contributed by atoms with Crippen molar-refractivity contribution >= 4 is 22.6 Å². The normalized spacial score (nSPS) is 10.5. The Kier molecular flexibility index (Phi) is 3.80. The van der Waals surface area contributed by atoms with Crippen LogP contribution in [0.15, 0.2) is 47.3 Å². The highest BCUT2D eigenvalue weighted by molar-refractivity contribution is 14.1. The van der Waals surface area contributed by atoms with E-state index in [0.29, 0.717) is 0 Å². The summed E-state index contributed by atoms with van der Waals surface area (Å²) in [7, 11) is 0. The van der Waals surface area contributed by atoms with Gasteiger partial charge in [-0.25, -0.2) is 0 Å². The fraction of sp³-hybridized carbons (Fsp3) is 0.167. The molecule has 78 valence electrons. The molecule has 1 heterocycles. The average Bonchev–Trinajstić information content (AvgIpc) is 2.74. The molecule has 0 radical (unpaired) electrons. The van der Waals surface area contributed by atoms with Crippen LogP contribution < -0.4 is 5.32 Å². The zero-order chi connectivity index (χ0) is 10.5. The van der Waals surface area contributed by atoms with Gasteiger partial charge in [0.15, 0.2) is 0 Å². The summed E-state index contributed by atoms with van der Waals surface area (Å²) < 4.78 is 6.26. The lowest BCUT2D eigenvalue weighted by molar-refractivity contribution is 0.560. The summed E-state index contributed by atoms with van der Waals surface area (Å²) in [5.74, 6) is 0. The summed E-state index contributed by atoms with van der Waals surface area (Å²) in [6.45, 7) is 1.74. The van der Waals surface area contributed by atoms with Gasteiger partial charge in [-0.2, -0.15) is 0 Å². The number of hydrogen-bond acceptors (Lipinski definition) is 2. The van der Waals surface area contributed by atoms with Crippen molar-refractivity contribution in [1.82, 2.24) is 5.32 Å². The highest BCUT2D eigenvalue weighted by Crippen LogP contribution is 2.07. The summed E-state index contributed by atoms with van der Waals surface area (Å²) in [6, 6.07) is 10.5. The highest BCUT2D eigenvalue weighted by atomic mass is 127. The molecule has 0 aliphatic carbocycles. The van der Waals surface area contributed by atoms with Gasteiger partial charge in [0.25, 0.3) is 0 Å². The van der Waals surface area contributed by atoms with Gasteiger partial charge in [-0.05, 0) is 46.4 Å². The predicted molar refractivity (Wildman–Crippen MR) is 68.4 cm³/mol. The van der Waals surface area contributed by atoms with E-state index < -0.39 is 0 Å². The lowest BCUT2D eigenvalue weighted by atomic mass is 10.2. The Bertz CT molecular complexity index is 394. The first kappa shape index (κ1) is 10.7. The summed E-state index contributed by atoms with van der Waals surface area (Å²) >= 11 is 2.31. The Labute approximate surface area is 103 Å². The first-order valence-corrected chi connectivity index (χ1v) is 5.89. The molecule has 2 rings (SSSR count). The van der Waals surface area contributed by atoms with Gasteiger partial charge < -0.3 is 9.73 Å². The van der Waals surface area contributed by atoms with Gasteiger partial charge in [0.1, 0.15) is 0 Å². The molecule has 0 spiro atoms. The van der Waals surface area contributed by atoms with E-state index >= 15 is 0 Å². The van der Waals surface area contributed by atoms with E-state index in [9.17, 15) is 0 Å². The Balaban J connectivity index is 1.81. The lowest BCUT2D eigenvalue weighted by Gasteiger charge is -2.03. The van der Waals surface area contributed by atoms with E-state index in [1.165, 1.54) is 14.7 Å². The second kappa shape index (κ2) is 5.32. The zero-order valence-corrected chi connectivity index (χ0v) is 10.4. The van der Waals surface area contributed by atoms with Crippen LogP contribution in [0.25, 0.3) is 0 Å². The van der Waals surface area contributed by atoms with Gasteiger partial charge in [-0.1, -0.05) is 12.1 Å². The van der Waals surface area contributed by atoms with E-state index in [2.05, 4.69) is 52.2 Å². The number of benzene rings is 1. The molecule has 15 heavy (non-hydrogen) atoms. The molecule has 0 aliphatic rings. The number of furan rings is 1. The molecule has 1 N–H and O–H groups in total. The van der Waals surface area contributed by atoms with Crippen molar-refractivity contribution in [2.75, 3.05) is 0 Å². The first-order chi connectivity index (χ1) is 7.34. The molecule has 0 atom stereocenters. The molecule has 0 amide bonds. The maximum Gasteiger partial charge on any atom is 0.0947 e. The molecule has 2 aromatic rings. The largest absolute Gasteiger partial charge is 0.472 e. The van der Waals surface area contributed by atoms with E-state index in [1.54, 1.807) is 12.5 Å². The fourth-order valence-electron chi connectivity index (χ4n) is 1.35. The first-order valence-electron chi connectivity index (χ1n) is 4.81. The molecular weight excluding hydrogens is 301 g/mol. The van der Waals surface area contributed by atoms with Crippen LogP contribution in [0.2, 0.25) is 0 Å². The van der Waals surface area contributed by atoms with Crippen molar-refractivity contribution in [3.63, 3.8) is 0 Å². The van der Waals surface area contributed by atoms with Crippen molar-refractivity contribution < 1.29 is 4.42 Å². The van der Waals surface area contributed by atoms with Crippen LogP contribution in [-0.4, -0.2) is 0 Å². The summed E-state index contributed by atoms with van der Waals surface area (Å²) in [4.78, 5) is 0. The van der Waals surface area contributed by atoms with Crippen molar-refractivity contribution in [2.24, 2.45) is 0 Å². The summed E-state index contributed by atoms with van der Waals surface area (Å²) in [6.07, 6.45) is 3.46. The summed E-state index contributed by atoms with van der Waals surface area (Å²) in [5, 5.41) is 3.36. The Morgan fingerprint density at radius 2 is 1.73 bits per heavy atom. The second-order valence-electron chi connectivity index (χ2n) is 3.36. The molecule has 2 nitrogen and oxygen atoms in total. The number of nitrogens with one attached hydrogen (secondary N) is 1. The van der Waals surface area contributed by atoms with Crippen molar-refractivity contribution in [1.29, 1.82) is 0 Å². The number of hydrogen-bond donors (Lipinski definition) is 1. The van der Waals surface area contributed by atoms with Crippen LogP contribution in [0.4, 0.5) is 0 Å². The second-order valence-corrected chi connectivity index (χ2v) is 4.61. The number of halogens is 1. The quantitative estimate of drug-likeness (QED) is 0.877. The van der Waals surface area contributed by atoms with Crippen molar-refractivity contribution in [3.8, 4) is 0 Å². The maximum atomic E-state index is 4.99. The fourth-order valence-corrected chi connectivity index (χ4v) is 1.71. The molecule has 0 bridgehead atoms. The molecule has 0 aliphatic heterocycles. The molecule has 0 fully saturated rings. The molecular formula is C12H12INO. The minimum atomic E-state index is 0.850. The van der Waals surface area contributed by atoms with Crippen LogP contribution in [0, 0.1) is 3.57 Å². The van der Waals surface area contributed by atoms with Crippen LogP contribution in [0.1, 0.15) is 11.1 Å².